The Labute approximate surface area is 113 Å². The van der Waals surface area contributed by atoms with Gasteiger partial charge in [0.1, 0.15) is 5.60 Å². The van der Waals surface area contributed by atoms with Gasteiger partial charge < -0.3 is 14.4 Å². The molecule has 0 spiro atoms. The van der Waals surface area contributed by atoms with Gasteiger partial charge in [-0.1, -0.05) is 0 Å². The van der Waals surface area contributed by atoms with Crippen LogP contribution in [0.5, 0.6) is 0 Å². The first-order valence-corrected chi connectivity index (χ1v) is 6.58. The fraction of sp³-hybridized carbons (Fsp3) is 0.692. The first kappa shape index (κ1) is 13.9. The van der Waals surface area contributed by atoms with Crippen LogP contribution in [-0.4, -0.2) is 39.5 Å². The molecule has 0 saturated carbocycles. The third kappa shape index (κ3) is 3.26. The maximum Gasteiger partial charge on any atom is 0.417 e. The summed E-state index contributed by atoms with van der Waals surface area (Å²) in [5, 5.41) is 8.95. The molecule has 0 saturated heterocycles. The number of aryl methyl sites for hydroxylation is 1. The van der Waals surface area contributed by atoms with Gasteiger partial charge in [-0.25, -0.2) is 14.7 Å². The minimum Gasteiger partial charge on any atom is -0.443 e. The van der Waals surface area contributed by atoms with Gasteiger partial charge in [0.2, 0.25) is 5.95 Å². The lowest BCUT2D eigenvalue weighted by Crippen LogP contribution is -2.41. The fourth-order valence-corrected chi connectivity index (χ4v) is 2.06. The number of nitrogens with zero attached hydrogens (tertiary/aromatic N) is 3. The van der Waals surface area contributed by atoms with Crippen molar-refractivity contribution in [2.45, 2.75) is 45.8 Å². The Kier molecular flexibility index (Phi) is 3.80. The largest absolute Gasteiger partial charge is 0.443 e. The molecule has 1 aromatic rings. The molecule has 6 heteroatoms. The van der Waals surface area contributed by atoms with Gasteiger partial charge in [-0.05, 0) is 27.2 Å². The second-order valence-electron chi connectivity index (χ2n) is 5.68. The van der Waals surface area contributed by atoms with Crippen LogP contribution >= 0.6 is 0 Å². The van der Waals surface area contributed by atoms with Gasteiger partial charge in [0.15, 0.2) is 0 Å². The molecular weight excluding hydrogens is 246 g/mol. The number of aliphatic hydroxyl groups excluding tert-OH is 1. The number of amides is 1. The van der Waals surface area contributed by atoms with Gasteiger partial charge in [0, 0.05) is 32.3 Å². The summed E-state index contributed by atoms with van der Waals surface area (Å²) in [5.41, 5.74) is 0.285. The third-order valence-electron chi connectivity index (χ3n) is 2.81. The molecule has 19 heavy (non-hydrogen) atoms. The van der Waals surface area contributed by atoms with Crippen LogP contribution in [0.4, 0.5) is 10.7 Å². The zero-order valence-corrected chi connectivity index (χ0v) is 11.7. The molecule has 0 bridgehead atoms. The normalized spacial score (nSPS) is 15.3. The van der Waals surface area contributed by atoms with Gasteiger partial charge in [-0.15, -0.1) is 0 Å². The summed E-state index contributed by atoms with van der Waals surface area (Å²) < 4.78 is 7.33. The molecule has 1 aromatic heterocycles. The molecule has 0 aromatic carbocycles. The van der Waals surface area contributed by atoms with E-state index in [4.69, 9.17) is 9.84 Å². The highest BCUT2D eigenvalue weighted by atomic mass is 16.6. The summed E-state index contributed by atoms with van der Waals surface area (Å²) in [6.07, 6.45) is 2.90. The van der Waals surface area contributed by atoms with E-state index in [0.29, 0.717) is 18.9 Å². The van der Waals surface area contributed by atoms with Gasteiger partial charge in [0.05, 0.1) is 5.69 Å². The number of carbonyl (C=O) groups is 1. The van der Waals surface area contributed by atoms with Crippen LogP contribution in [0, 0.1) is 0 Å². The zero-order valence-electron chi connectivity index (χ0n) is 11.7. The number of ether oxygens (including phenoxy) is 1. The van der Waals surface area contributed by atoms with Crippen molar-refractivity contribution in [1.29, 1.82) is 0 Å². The monoisotopic (exact) mass is 267 g/mol. The van der Waals surface area contributed by atoms with Gasteiger partial charge in [0.25, 0.3) is 0 Å². The summed E-state index contributed by atoms with van der Waals surface area (Å²) in [5.74, 6) is 0.615. The van der Waals surface area contributed by atoms with Crippen LogP contribution in [0.15, 0.2) is 6.20 Å². The predicted molar refractivity (Wildman–Crippen MR) is 71.2 cm³/mol. The molecular formula is C13H21N3O3. The quantitative estimate of drug-likeness (QED) is 0.883. The van der Waals surface area contributed by atoms with E-state index in [2.05, 4.69) is 4.98 Å². The second kappa shape index (κ2) is 5.21. The SMILES string of the molecule is CC(C)(C)OC(=O)N1CCCn2cc(CCO)nc21. The summed E-state index contributed by atoms with van der Waals surface area (Å²) in [4.78, 5) is 18.1. The molecule has 0 unspecified atom stereocenters. The Morgan fingerprint density at radius 2 is 2.21 bits per heavy atom. The first-order valence-electron chi connectivity index (χ1n) is 6.58. The molecule has 6 nitrogen and oxygen atoms in total. The molecule has 0 fully saturated rings. The molecule has 106 valence electrons. The molecule has 2 heterocycles. The average Bonchev–Trinajstić information content (AvgIpc) is 2.68. The van der Waals surface area contributed by atoms with Crippen molar-refractivity contribution in [3.05, 3.63) is 11.9 Å². The topological polar surface area (TPSA) is 67.6 Å². The minimum atomic E-state index is -0.514. The Bertz CT molecular complexity index is 462. The summed E-state index contributed by atoms with van der Waals surface area (Å²) in [6, 6.07) is 0. The molecule has 1 aliphatic heterocycles. The van der Waals surface area contributed by atoms with Crippen molar-refractivity contribution < 1.29 is 14.6 Å². The van der Waals surface area contributed by atoms with E-state index >= 15 is 0 Å². The number of fused-ring (bicyclic) bond motifs is 1. The van der Waals surface area contributed by atoms with E-state index in [1.807, 2.05) is 31.5 Å². The summed E-state index contributed by atoms with van der Waals surface area (Å²) in [7, 11) is 0. The van der Waals surface area contributed by atoms with Crippen molar-refractivity contribution in [2.75, 3.05) is 18.1 Å². The van der Waals surface area contributed by atoms with E-state index in [1.54, 1.807) is 4.90 Å². The highest BCUT2D eigenvalue weighted by molar-refractivity contribution is 5.86. The van der Waals surface area contributed by atoms with Crippen molar-refractivity contribution >= 4 is 12.0 Å². The van der Waals surface area contributed by atoms with E-state index in [9.17, 15) is 4.79 Å². The van der Waals surface area contributed by atoms with Gasteiger partial charge in [-0.3, -0.25) is 0 Å². The van der Waals surface area contributed by atoms with Crippen LogP contribution in [0.25, 0.3) is 0 Å². The maximum absolute atomic E-state index is 12.1. The van der Waals surface area contributed by atoms with Crippen molar-refractivity contribution in [2.24, 2.45) is 0 Å². The third-order valence-corrected chi connectivity index (χ3v) is 2.81. The van der Waals surface area contributed by atoms with E-state index in [1.165, 1.54) is 0 Å². The van der Waals surface area contributed by atoms with Crippen LogP contribution in [0.1, 0.15) is 32.9 Å². The average molecular weight is 267 g/mol. The Hall–Kier alpha value is -1.56. The number of hydrogen-bond donors (Lipinski definition) is 1. The van der Waals surface area contributed by atoms with Crippen LogP contribution < -0.4 is 4.90 Å². The Morgan fingerprint density at radius 3 is 2.84 bits per heavy atom. The lowest BCUT2D eigenvalue weighted by atomic mass is 10.2. The molecule has 2 rings (SSSR count). The molecule has 0 aliphatic carbocycles. The van der Waals surface area contributed by atoms with Crippen LogP contribution in [0.2, 0.25) is 0 Å². The number of imidazole rings is 1. The smallest absolute Gasteiger partial charge is 0.417 e. The van der Waals surface area contributed by atoms with Gasteiger partial charge >= 0.3 is 6.09 Å². The van der Waals surface area contributed by atoms with Crippen LogP contribution in [0.3, 0.4) is 0 Å². The van der Waals surface area contributed by atoms with Crippen molar-refractivity contribution in [3.8, 4) is 0 Å². The van der Waals surface area contributed by atoms with E-state index < -0.39 is 5.60 Å². The van der Waals surface area contributed by atoms with Gasteiger partial charge in [-0.2, -0.15) is 0 Å². The molecule has 0 radical (unpaired) electrons. The molecule has 1 N–H and O–H groups in total. The predicted octanol–water partition coefficient (Wildman–Crippen LogP) is 1.56. The van der Waals surface area contributed by atoms with Crippen molar-refractivity contribution in [1.82, 2.24) is 9.55 Å². The summed E-state index contributed by atoms with van der Waals surface area (Å²) in [6.45, 7) is 7.05. The standard InChI is InChI=1S/C13H21N3O3/c1-13(2,3)19-12(18)16-7-4-6-15-9-10(5-8-17)14-11(15)16/h9,17H,4-8H2,1-3H3. The second-order valence-corrected chi connectivity index (χ2v) is 5.68. The maximum atomic E-state index is 12.1. The Morgan fingerprint density at radius 1 is 1.47 bits per heavy atom. The lowest BCUT2D eigenvalue weighted by molar-refractivity contribution is 0.0572. The number of aliphatic hydroxyl groups is 1. The highest BCUT2D eigenvalue weighted by Crippen LogP contribution is 2.23. The summed E-state index contributed by atoms with van der Waals surface area (Å²) >= 11 is 0. The number of carbonyl (C=O) groups excluding carboxylic acids is 1. The van der Waals surface area contributed by atoms with Crippen LogP contribution in [-0.2, 0) is 17.7 Å². The lowest BCUT2D eigenvalue weighted by Gasteiger charge is -2.29. The Balaban J connectivity index is 2.19. The van der Waals surface area contributed by atoms with Crippen molar-refractivity contribution in [3.63, 3.8) is 0 Å². The zero-order chi connectivity index (χ0) is 14.0. The molecule has 1 amide bonds. The fourth-order valence-electron chi connectivity index (χ4n) is 2.06. The minimum absolute atomic E-state index is 0.0584. The van der Waals surface area contributed by atoms with E-state index in [-0.39, 0.29) is 12.7 Å². The number of aromatic nitrogens is 2. The molecule has 0 atom stereocenters. The molecule has 1 aliphatic rings. The number of anilines is 1. The number of rotatable bonds is 2. The highest BCUT2D eigenvalue weighted by Gasteiger charge is 2.29. The number of hydrogen-bond acceptors (Lipinski definition) is 4. The van der Waals surface area contributed by atoms with E-state index in [0.717, 1.165) is 18.7 Å². The first-order chi connectivity index (χ1) is 8.90.